The largest absolute Gasteiger partial charge is 0.478 e. The van der Waals surface area contributed by atoms with Gasteiger partial charge in [0.1, 0.15) is 0 Å². The van der Waals surface area contributed by atoms with Crippen LogP contribution in [0.2, 0.25) is 0 Å². The smallest absolute Gasteiger partial charge is 0.330 e. The van der Waals surface area contributed by atoms with E-state index in [0.717, 1.165) is 12.2 Å². The van der Waals surface area contributed by atoms with Crippen molar-refractivity contribution in [3.8, 4) is 0 Å². The maximum Gasteiger partial charge on any atom is 0.330 e. The van der Waals surface area contributed by atoms with Crippen LogP contribution in [0.1, 0.15) is 0 Å². The third kappa shape index (κ3) is 6.30. The first-order chi connectivity index (χ1) is 5.16. The Hall–Kier alpha value is -1.58. The van der Waals surface area contributed by atoms with E-state index in [1.54, 1.807) is 0 Å². The van der Waals surface area contributed by atoms with E-state index in [9.17, 15) is 9.59 Å². The van der Waals surface area contributed by atoms with Crippen molar-refractivity contribution in [1.29, 1.82) is 0 Å². The van der Waals surface area contributed by atoms with Gasteiger partial charge in [0.15, 0.2) is 0 Å². The Morgan fingerprint density at radius 1 is 1.27 bits per heavy atom. The predicted octanol–water partition coefficient (Wildman–Crippen LogP) is 0.356. The molecule has 0 rings (SSSR count). The van der Waals surface area contributed by atoms with E-state index < -0.39 is 11.9 Å². The van der Waals surface area contributed by atoms with Gasteiger partial charge in [0.05, 0.1) is 7.11 Å². The second-order valence-electron chi connectivity index (χ2n) is 1.58. The molecular weight excluding hydrogens is 148 g/mol. The van der Waals surface area contributed by atoms with Gasteiger partial charge in [0, 0.05) is 12.2 Å². The quantitative estimate of drug-likeness (QED) is 0.364. The molecule has 0 fully saturated rings. The predicted molar refractivity (Wildman–Crippen MR) is 37.9 cm³/mol. The molecule has 0 aromatic rings. The van der Waals surface area contributed by atoms with Crippen LogP contribution >= 0.6 is 0 Å². The number of methoxy groups -OCH3 is 1. The molecule has 0 aromatic heterocycles. The van der Waals surface area contributed by atoms with Crippen LogP contribution in [0.25, 0.3) is 0 Å². The second kappa shape index (κ2) is 5.22. The molecule has 0 saturated carbocycles. The lowest BCUT2D eigenvalue weighted by Gasteiger charge is -1.85. The summed E-state index contributed by atoms with van der Waals surface area (Å²) in [4.78, 5) is 20.2. The Labute approximate surface area is 63.8 Å². The van der Waals surface area contributed by atoms with Crippen LogP contribution in [-0.4, -0.2) is 24.2 Å². The summed E-state index contributed by atoms with van der Waals surface area (Å²) in [5, 5.41) is 8.10. The molecule has 0 aliphatic heterocycles. The fourth-order valence-electron chi connectivity index (χ4n) is 0.340. The minimum Gasteiger partial charge on any atom is -0.478 e. The van der Waals surface area contributed by atoms with E-state index in [-0.39, 0.29) is 0 Å². The summed E-state index contributed by atoms with van der Waals surface area (Å²) < 4.78 is 4.25. The van der Waals surface area contributed by atoms with Crippen molar-refractivity contribution in [2.24, 2.45) is 0 Å². The summed E-state index contributed by atoms with van der Waals surface area (Å²) in [5.41, 5.74) is 0. The monoisotopic (exact) mass is 156 g/mol. The minimum absolute atomic E-state index is 0.514. The van der Waals surface area contributed by atoms with E-state index in [4.69, 9.17) is 5.11 Å². The molecule has 0 heterocycles. The third-order valence-electron chi connectivity index (χ3n) is 0.783. The highest BCUT2D eigenvalue weighted by molar-refractivity contribution is 5.83. The van der Waals surface area contributed by atoms with Crippen LogP contribution in [0.4, 0.5) is 0 Å². The van der Waals surface area contributed by atoms with Gasteiger partial charge in [0.2, 0.25) is 0 Å². The number of rotatable bonds is 3. The molecule has 0 aliphatic rings. The van der Waals surface area contributed by atoms with E-state index >= 15 is 0 Å². The number of hydrogen-bond donors (Lipinski definition) is 1. The van der Waals surface area contributed by atoms with Gasteiger partial charge in [-0.3, -0.25) is 0 Å². The van der Waals surface area contributed by atoms with Crippen LogP contribution < -0.4 is 0 Å². The molecule has 0 unspecified atom stereocenters. The summed E-state index contributed by atoms with van der Waals surface area (Å²) >= 11 is 0. The van der Waals surface area contributed by atoms with Crippen molar-refractivity contribution in [2.45, 2.75) is 0 Å². The van der Waals surface area contributed by atoms with Gasteiger partial charge in [-0.25, -0.2) is 9.59 Å². The topological polar surface area (TPSA) is 63.6 Å². The third-order valence-corrected chi connectivity index (χ3v) is 0.783. The number of allylic oxidation sites excluding steroid dienone is 2. The molecule has 4 heteroatoms. The summed E-state index contributed by atoms with van der Waals surface area (Å²) in [6.07, 6.45) is 4.57. The number of carboxylic acid groups (broad SMARTS) is 1. The maximum atomic E-state index is 10.4. The van der Waals surface area contributed by atoms with Gasteiger partial charge >= 0.3 is 11.9 Å². The van der Waals surface area contributed by atoms with E-state index in [2.05, 4.69) is 4.74 Å². The first-order valence-electron chi connectivity index (χ1n) is 2.82. The van der Waals surface area contributed by atoms with Crippen LogP contribution in [0, 0.1) is 0 Å². The van der Waals surface area contributed by atoms with Crippen molar-refractivity contribution in [3.05, 3.63) is 24.3 Å². The highest BCUT2D eigenvalue weighted by Gasteiger charge is 1.87. The van der Waals surface area contributed by atoms with E-state index in [1.807, 2.05) is 0 Å². The molecule has 0 atom stereocenters. The number of ether oxygens (including phenoxy) is 1. The Balaban J connectivity index is 3.77. The molecule has 60 valence electrons. The first-order valence-corrected chi connectivity index (χ1v) is 2.82. The fourth-order valence-corrected chi connectivity index (χ4v) is 0.340. The standard InChI is InChI=1S/C7H8O4/c1-11-7(10)5-3-2-4-6(8)9/h2-5H,1H3,(H,8,9)/b4-2+,5-3-. The number of aliphatic carboxylic acids is 1. The average Bonchev–Trinajstić information content (AvgIpc) is 1.97. The molecule has 4 nitrogen and oxygen atoms in total. The summed E-state index contributed by atoms with van der Waals surface area (Å²) in [7, 11) is 1.24. The normalized spacial score (nSPS) is 10.6. The molecule has 0 aromatic carbocycles. The van der Waals surface area contributed by atoms with Gasteiger partial charge in [-0.1, -0.05) is 12.2 Å². The van der Waals surface area contributed by atoms with Crippen molar-refractivity contribution < 1.29 is 19.4 Å². The number of carbonyl (C=O) groups excluding carboxylic acids is 1. The van der Waals surface area contributed by atoms with Gasteiger partial charge in [-0.2, -0.15) is 0 Å². The second-order valence-corrected chi connectivity index (χ2v) is 1.58. The minimum atomic E-state index is -1.06. The van der Waals surface area contributed by atoms with Crippen molar-refractivity contribution >= 4 is 11.9 Å². The Bertz CT molecular complexity index is 202. The average molecular weight is 156 g/mol. The number of carbonyl (C=O) groups is 2. The van der Waals surface area contributed by atoms with Crippen LogP contribution in [0.5, 0.6) is 0 Å². The summed E-state index contributed by atoms with van der Waals surface area (Å²) in [5.74, 6) is -1.57. The van der Waals surface area contributed by atoms with Crippen molar-refractivity contribution in [1.82, 2.24) is 0 Å². The molecule has 0 saturated heterocycles. The summed E-state index contributed by atoms with van der Waals surface area (Å²) in [6.45, 7) is 0. The molecule has 11 heavy (non-hydrogen) atoms. The number of esters is 1. The molecule has 1 N–H and O–H groups in total. The Kier molecular flexibility index (Phi) is 4.47. The lowest BCUT2D eigenvalue weighted by molar-refractivity contribution is -0.135. The highest BCUT2D eigenvalue weighted by Crippen LogP contribution is 1.80. The van der Waals surface area contributed by atoms with Crippen molar-refractivity contribution in [3.63, 3.8) is 0 Å². The van der Waals surface area contributed by atoms with E-state index in [0.29, 0.717) is 0 Å². The zero-order valence-corrected chi connectivity index (χ0v) is 5.98. The van der Waals surface area contributed by atoms with Gasteiger partial charge in [-0.15, -0.1) is 0 Å². The molecule has 0 radical (unpaired) electrons. The SMILES string of the molecule is COC(=O)/C=C\C=C\C(=O)O. The highest BCUT2D eigenvalue weighted by atomic mass is 16.5. The zero-order valence-electron chi connectivity index (χ0n) is 5.98. The van der Waals surface area contributed by atoms with Crippen LogP contribution in [-0.2, 0) is 14.3 Å². The van der Waals surface area contributed by atoms with Crippen molar-refractivity contribution in [2.75, 3.05) is 7.11 Å². The maximum absolute atomic E-state index is 10.4. The zero-order chi connectivity index (χ0) is 8.69. The van der Waals surface area contributed by atoms with Gasteiger partial charge < -0.3 is 9.84 Å². The Morgan fingerprint density at radius 2 is 1.82 bits per heavy atom. The first kappa shape index (κ1) is 9.42. The lowest BCUT2D eigenvalue weighted by Crippen LogP contribution is -1.92. The number of hydrogen-bond acceptors (Lipinski definition) is 3. The molecule has 0 bridgehead atoms. The van der Waals surface area contributed by atoms with Crippen LogP contribution in [0.15, 0.2) is 24.3 Å². The Morgan fingerprint density at radius 3 is 2.27 bits per heavy atom. The molecular formula is C7H8O4. The molecule has 0 aliphatic carbocycles. The number of carboxylic acids is 1. The van der Waals surface area contributed by atoms with Gasteiger partial charge in [0.25, 0.3) is 0 Å². The summed E-state index contributed by atoms with van der Waals surface area (Å²) in [6, 6.07) is 0. The van der Waals surface area contributed by atoms with Gasteiger partial charge in [-0.05, 0) is 0 Å². The fraction of sp³-hybridized carbons (Fsp3) is 0.143. The van der Waals surface area contributed by atoms with E-state index in [1.165, 1.54) is 19.3 Å². The van der Waals surface area contributed by atoms with Crippen LogP contribution in [0.3, 0.4) is 0 Å². The lowest BCUT2D eigenvalue weighted by atomic mass is 10.4. The molecule has 0 amide bonds. The molecule has 0 spiro atoms.